The van der Waals surface area contributed by atoms with E-state index in [9.17, 15) is 0 Å². The van der Waals surface area contributed by atoms with Gasteiger partial charge in [-0.25, -0.2) is 0 Å². The molecular weight excluding hydrogens is 276 g/mol. The summed E-state index contributed by atoms with van der Waals surface area (Å²) in [7, 11) is 0. The van der Waals surface area contributed by atoms with Crippen LogP contribution in [0.5, 0.6) is 0 Å². The molecule has 0 aromatic heterocycles. The molecule has 0 nitrogen and oxygen atoms in total. The summed E-state index contributed by atoms with van der Waals surface area (Å²) in [5.74, 6) is 0.587. The zero-order valence-corrected chi connectivity index (χ0v) is 14.9. The van der Waals surface area contributed by atoms with Gasteiger partial charge >= 0.3 is 0 Å². The lowest BCUT2D eigenvalue weighted by atomic mass is 9.97. The zero-order valence-electron chi connectivity index (χ0n) is 14.9. The van der Waals surface area contributed by atoms with E-state index in [0.717, 1.165) is 0 Å². The van der Waals surface area contributed by atoms with Crippen LogP contribution >= 0.6 is 0 Å². The fourth-order valence-corrected chi connectivity index (χ4v) is 2.55. The van der Waals surface area contributed by atoms with E-state index in [1.54, 1.807) is 0 Å². The Morgan fingerprint density at radius 1 is 0.870 bits per heavy atom. The Morgan fingerprint density at radius 2 is 1.43 bits per heavy atom. The van der Waals surface area contributed by atoms with Gasteiger partial charge in [0.25, 0.3) is 0 Å². The molecule has 0 aliphatic rings. The summed E-state index contributed by atoms with van der Waals surface area (Å²) in [4.78, 5) is 0. The Balaban J connectivity index is 0.000000231. The normalized spacial score (nSPS) is 9.91. The summed E-state index contributed by atoms with van der Waals surface area (Å²) >= 11 is 0. The van der Waals surface area contributed by atoms with Crippen molar-refractivity contribution in [3.63, 3.8) is 0 Å². The molecule has 23 heavy (non-hydrogen) atoms. The summed E-state index contributed by atoms with van der Waals surface area (Å²) in [5, 5.41) is 0. The van der Waals surface area contributed by atoms with Gasteiger partial charge < -0.3 is 0 Å². The van der Waals surface area contributed by atoms with Crippen LogP contribution in [0.3, 0.4) is 0 Å². The molecule has 0 saturated heterocycles. The topological polar surface area (TPSA) is 0 Å². The molecule has 2 aromatic rings. The maximum atomic E-state index is 3.80. The smallest absolute Gasteiger partial charge is 0.0213 e. The summed E-state index contributed by atoms with van der Waals surface area (Å²) in [6, 6.07) is 16.8. The number of rotatable bonds is 6. The second kappa shape index (κ2) is 10.6. The van der Waals surface area contributed by atoms with Gasteiger partial charge in [-0.05, 0) is 41.0 Å². The largest absolute Gasteiger partial charge is 0.0985 e. The molecule has 0 N–H and O–H groups in total. The number of aryl methyl sites for hydroxylation is 1. The van der Waals surface area contributed by atoms with Crippen LogP contribution in [-0.2, 0) is 6.42 Å². The SMILES string of the molecule is C=Cc1ccccc1C(C)C.C=Cc1ccccc1CCCC. The lowest BCUT2D eigenvalue weighted by Gasteiger charge is -2.08. The van der Waals surface area contributed by atoms with Gasteiger partial charge in [0.05, 0.1) is 0 Å². The first-order valence-corrected chi connectivity index (χ1v) is 8.55. The third kappa shape index (κ3) is 6.28. The Kier molecular flexibility index (Phi) is 8.75. The fourth-order valence-electron chi connectivity index (χ4n) is 2.55. The van der Waals surface area contributed by atoms with Crippen molar-refractivity contribution in [2.75, 3.05) is 0 Å². The Labute approximate surface area is 142 Å². The van der Waals surface area contributed by atoms with Crippen LogP contribution in [0.1, 0.15) is 61.8 Å². The van der Waals surface area contributed by atoms with Crippen molar-refractivity contribution in [3.8, 4) is 0 Å². The first-order chi connectivity index (χ1) is 11.1. The molecular formula is C23H30. The van der Waals surface area contributed by atoms with Crippen LogP contribution in [0.4, 0.5) is 0 Å². The molecule has 0 aliphatic heterocycles. The van der Waals surface area contributed by atoms with Crippen molar-refractivity contribution < 1.29 is 0 Å². The average Bonchev–Trinajstić information content (AvgIpc) is 2.60. The number of hydrogen-bond acceptors (Lipinski definition) is 0. The predicted molar refractivity (Wildman–Crippen MR) is 106 cm³/mol. The second-order valence-corrected chi connectivity index (χ2v) is 5.99. The fraction of sp³-hybridized carbons (Fsp3) is 0.304. The minimum atomic E-state index is 0.587. The number of benzene rings is 2. The highest BCUT2D eigenvalue weighted by molar-refractivity contribution is 5.52. The molecule has 2 aromatic carbocycles. The quantitative estimate of drug-likeness (QED) is 0.532. The van der Waals surface area contributed by atoms with Gasteiger partial charge in [0, 0.05) is 0 Å². The van der Waals surface area contributed by atoms with Gasteiger partial charge in [-0.15, -0.1) is 0 Å². The van der Waals surface area contributed by atoms with Gasteiger partial charge in [0.15, 0.2) is 0 Å². The van der Waals surface area contributed by atoms with Gasteiger partial charge in [-0.3, -0.25) is 0 Å². The maximum absolute atomic E-state index is 3.80. The highest BCUT2D eigenvalue weighted by atomic mass is 14.1. The lowest BCUT2D eigenvalue weighted by Crippen LogP contribution is -1.89. The zero-order chi connectivity index (χ0) is 17.1. The Bertz CT molecular complexity index is 605. The van der Waals surface area contributed by atoms with Gasteiger partial charge in [-0.1, -0.05) is 101 Å². The Morgan fingerprint density at radius 3 is 1.96 bits per heavy atom. The first kappa shape index (κ1) is 19.0. The molecule has 0 fully saturated rings. The molecule has 0 bridgehead atoms. The van der Waals surface area contributed by atoms with E-state index in [0.29, 0.717) is 5.92 Å². The van der Waals surface area contributed by atoms with E-state index >= 15 is 0 Å². The lowest BCUT2D eigenvalue weighted by molar-refractivity contribution is 0.794. The van der Waals surface area contributed by atoms with Crippen molar-refractivity contribution in [2.45, 2.75) is 46.0 Å². The monoisotopic (exact) mass is 306 g/mol. The predicted octanol–water partition coefficient (Wildman–Crippen LogP) is 7.13. The second-order valence-electron chi connectivity index (χ2n) is 5.99. The third-order valence-corrected chi connectivity index (χ3v) is 3.91. The van der Waals surface area contributed by atoms with Crippen LogP contribution in [0.25, 0.3) is 12.2 Å². The van der Waals surface area contributed by atoms with Gasteiger partial charge in [0.2, 0.25) is 0 Å². The standard InChI is InChI=1S/C12H16.C11H14/c1-3-5-8-12-10-7-6-9-11(12)4-2;1-4-10-7-5-6-8-11(10)9(2)3/h4,6-7,9-10H,2-3,5,8H2,1H3;4-9H,1H2,2-3H3. The minimum absolute atomic E-state index is 0.587. The van der Waals surface area contributed by atoms with Crippen LogP contribution in [-0.4, -0.2) is 0 Å². The molecule has 122 valence electrons. The average molecular weight is 306 g/mol. The maximum Gasteiger partial charge on any atom is -0.0213 e. The van der Waals surface area contributed by atoms with Crippen molar-refractivity contribution in [2.24, 2.45) is 0 Å². The molecule has 0 spiro atoms. The summed E-state index contributed by atoms with van der Waals surface area (Å²) < 4.78 is 0. The van der Waals surface area contributed by atoms with Crippen molar-refractivity contribution in [1.29, 1.82) is 0 Å². The van der Waals surface area contributed by atoms with E-state index < -0.39 is 0 Å². The van der Waals surface area contributed by atoms with E-state index in [2.05, 4.69) is 76.4 Å². The molecule has 0 heterocycles. The molecule has 0 atom stereocenters. The molecule has 0 amide bonds. The van der Waals surface area contributed by atoms with Crippen molar-refractivity contribution >= 4 is 12.2 Å². The van der Waals surface area contributed by atoms with Gasteiger partial charge in [0.1, 0.15) is 0 Å². The first-order valence-electron chi connectivity index (χ1n) is 8.55. The summed E-state index contributed by atoms with van der Waals surface area (Å²) in [6.07, 6.45) is 7.55. The highest BCUT2D eigenvalue weighted by Gasteiger charge is 2.01. The van der Waals surface area contributed by atoms with Gasteiger partial charge in [-0.2, -0.15) is 0 Å². The van der Waals surface area contributed by atoms with E-state index in [1.165, 1.54) is 41.5 Å². The van der Waals surface area contributed by atoms with Crippen molar-refractivity contribution in [3.05, 3.63) is 83.9 Å². The van der Waals surface area contributed by atoms with Crippen LogP contribution in [0.2, 0.25) is 0 Å². The molecule has 2 rings (SSSR count). The van der Waals surface area contributed by atoms with Crippen LogP contribution in [0.15, 0.2) is 61.7 Å². The summed E-state index contributed by atoms with van der Waals surface area (Å²) in [6.45, 7) is 14.2. The molecule has 0 saturated carbocycles. The number of hydrogen-bond donors (Lipinski definition) is 0. The molecule has 0 aliphatic carbocycles. The van der Waals surface area contributed by atoms with E-state index in [-0.39, 0.29) is 0 Å². The van der Waals surface area contributed by atoms with E-state index in [4.69, 9.17) is 0 Å². The highest BCUT2D eigenvalue weighted by Crippen LogP contribution is 2.19. The Hall–Kier alpha value is -2.08. The molecule has 0 radical (unpaired) electrons. The summed E-state index contributed by atoms with van der Waals surface area (Å²) in [5.41, 5.74) is 5.34. The minimum Gasteiger partial charge on any atom is -0.0985 e. The third-order valence-electron chi connectivity index (χ3n) is 3.91. The molecule has 0 unspecified atom stereocenters. The number of unbranched alkanes of at least 4 members (excludes halogenated alkanes) is 1. The van der Waals surface area contributed by atoms with E-state index in [1.807, 2.05) is 18.2 Å². The van der Waals surface area contributed by atoms with Crippen molar-refractivity contribution in [1.82, 2.24) is 0 Å². The molecule has 0 heteroatoms. The van der Waals surface area contributed by atoms with Crippen LogP contribution < -0.4 is 0 Å². The van der Waals surface area contributed by atoms with Crippen LogP contribution in [0, 0.1) is 0 Å².